The lowest BCUT2D eigenvalue weighted by Gasteiger charge is -2.42. The molecule has 0 aromatic rings. The first-order valence-corrected chi connectivity index (χ1v) is 7.19. The minimum atomic E-state index is 0.728. The number of nitrogens with one attached hydrogen (secondary N) is 1. The van der Waals surface area contributed by atoms with Crippen LogP contribution in [0.1, 0.15) is 46.0 Å². The van der Waals surface area contributed by atoms with Gasteiger partial charge in [0.1, 0.15) is 0 Å². The fraction of sp³-hybridized carbons (Fsp3) is 1.00. The first-order chi connectivity index (χ1) is 7.78. The van der Waals surface area contributed by atoms with E-state index in [1.807, 2.05) is 0 Å². The van der Waals surface area contributed by atoms with Gasteiger partial charge in [-0.3, -0.25) is 4.90 Å². The van der Waals surface area contributed by atoms with Gasteiger partial charge in [0.05, 0.1) is 0 Å². The third kappa shape index (κ3) is 2.78. The fourth-order valence-corrected chi connectivity index (χ4v) is 3.39. The monoisotopic (exact) mass is 224 g/mol. The van der Waals surface area contributed by atoms with Gasteiger partial charge in [-0.15, -0.1) is 0 Å². The minimum Gasteiger partial charge on any atom is -0.316 e. The topological polar surface area (TPSA) is 15.3 Å². The lowest BCUT2D eigenvalue weighted by molar-refractivity contribution is 0.0847. The third-order valence-electron chi connectivity index (χ3n) is 4.60. The third-order valence-corrected chi connectivity index (χ3v) is 4.60. The molecule has 3 unspecified atom stereocenters. The van der Waals surface area contributed by atoms with Gasteiger partial charge in [-0.2, -0.15) is 0 Å². The Morgan fingerprint density at radius 3 is 2.50 bits per heavy atom. The van der Waals surface area contributed by atoms with Crippen LogP contribution in [0.3, 0.4) is 0 Å². The average Bonchev–Trinajstić information content (AvgIpc) is 3.14. The smallest absolute Gasteiger partial charge is 0.0195 e. The Labute approximate surface area is 101 Å². The normalized spacial score (nSPS) is 33.9. The van der Waals surface area contributed by atoms with Crippen molar-refractivity contribution in [2.45, 2.75) is 58.0 Å². The maximum Gasteiger partial charge on any atom is 0.0195 e. The molecule has 0 bridgehead atoms. The first-order valence-electron chi connectivity index (χ1n) is 7.19. The molecular formula is C14H28N2. The molecule has 2 heteroatoms. The van der Waals surface area contributed by atoms with Crippen molar-refractivity contribution < 1.29 is 0 Å². The van der Waals surface area contributed by atoms with Crippen LogP contribution in [0.15, 0.2) is 0 Å². The molecule has 3 atom stereocenters. The second-order valence-electron chi connectivity index (χ2n) is 5.76. The van der Waals surface area contributed by atoms with Gasteiger partial charge < -0.3 is 5.32 Å². The van der Waals surface area contributed by atoms with Gasteiger partial charge in [-0.05, 0) is 44.6 Å². The number of likely N-dealkylation sites (N-methyl/N-ethyl adjacent to an activating group) is 1. The summed E-state index contributed by atoms with van der Waals surface area (Å²) in [6, 6.07) is 1.61. The molecule has 2 fully saturated rings. The molecule has 1 aliphatic carbocycles. The Hall–Kier alpha value is -0.0800. The van der Waals surface area contributed by atoms with E-state index in [4.69, 9.17) is 0 Å². The van der Waals surface area contributed by atoms with Crippen LogP contribution in [-0.2, 0) is 0 Å². The molecule has 1 N–H and O–H groups in total. The first kappa shape index (κ1) is 12.4. The van der Waals surface area contributed by atoms with Crippen molar-refractivity contribution >= 4 is 0 Å². The second kappa shape index (κ2) is 5.50. The summed E-state index contributed by atoms with van der Waals surface area (Å²) < 4.78 is 0. The summed E-state index contributed by atoms with van der Waals surface area (Å²) in [5, 5.41) is 3.49. The number of likely N-dealkylation sites (tertiary alicyclic amines) is 1. The summed E-state index contributed by atoms with van der Waals surface area (Å²) in [6.07, 6.45) is 7.03. The Bertz CT molecular complexity index is 201. The van der Waals surface area contributed by atoms with Crippen LogP contribution in [0.25, 0.3) is 0 Å². The van der Waals surface area contributed by atoms with Crippen LogP contribution in [0.2, 0.25) is 0 Å². The number of nitrogens with zero attached hydrogens (tertiary/aromatic N) is 1. The molecule has 0 amide bonds. The number of hydrogen-bond acceptors (Lipinski definition) is 2. The molecule has 16 heavy (non-hydrogen) atoms. The van der Waals surface area contributed by atoms with Crippen LogP contribution in [0.5, 0.6) is 0 Å². The van der Waals surface area contributed by atoms with Gasteiger partial charge in [-0.1, -0.05) is 20.3 Å². The van der Waals surface area contributed by atoms with Crippen molar-refractivity contribution in [3.05, 3.63) is 0 Å². The molecular weight excluding hydrogens is 196 g/mol. The van der Waals surface area contributed by atoms with Gasteiger partial charge in [-0.25, -0.2) is 0 Å². The van der Waals surface area contributed by atoms with Crippen LogP contribution in [-0.4, -0.2) is 37.1 Å². The van der Waals surface area contributed by atoms with Crippen LogP contribution in [0.4, 0.5) is 0 Å². The maximum atomic E-state index is 3.49. The molecule has 1 saturated heterocycles. The standard InChI is InChI=1S/C14H28N2/c1-4-11-8-13(15-3)10-16(9-11)14(5-2)12-6-7-12/h11-15H,4-10H2,1-3H3. The SMILES string of the molecule is CCC1CC(NC)CN(C(CC)C2CC2)C1. The van der Waals surface area contributed by atoms with Crippen molar-refractivity contribution in [2.24, 2.45) is 11.8 Å². The molecule has 2 aliphatic rings. The summed E-state index contributed by atoms with van der Waals surface area (Å²) in [7, 11) is 2.12. The van der Waals surface area contributed by atoms with Gasteiger partial charge in [0.15, 0.2) is 0 Å². The van der Waals surface area contributed by atoms with Gasteiger partial charge in [0, 0.05) is 25.2 Å². The van der Waals surface area contributed by atoms with E-state index in [1.165, 1.54) is 45.2 Å². The highest BCUT2D eigenvalue weighted by molar-refractivity contribution is 4.92. The lowest BCUT2D eigenvalue weighted by atomic mass is 9.90. The van der Waals surface area contributed by atoms with E-state index in [0.717, 1.165) is 23.9 Å². The van der Waals surface area contributed by atoms with E-state index in [1.54, 1.807) is 0 Å². The Kier molecular flexibility index (Phi) is 4.26. The number of piperidine rings is 1. The van der Waals surface area contributed by atoms with Gasteiger partial charge in [0.25, 0.3) is 0 Å². The molecule has 2 rings (SSSR count). The predicted molar refractivity (Wildman–Crippen MR) is 69.6 cm³/mol. The van der Waals surface area contributed by atoms with Crippen molar-refractivity contribution in [1.29, 1.82) is 0 Å². The Balaban J connectivity index is 1.95. The molecule has 0 radical (unpaired) electrons. The second-order valence-corrected chi connectivity index (χ2v) is 5.76. The molecule has 1 saturated carbocycles. The number of rotatable bonds is 5. The molecule has 0 spiro atoms. The van der Waals surface area contributed by atoms with Crippen molar-refractivity contribution in [3.8, 4) is 0 Å². The van der Waals surface area contributed by atoms with Crippen LogP contribution < -0.4 is 5.32 Å². The largest absolute Gasteiger partial charge is 0.316 e. The van der Waals surface area contributed by atoms with Gasteiger partial charge >= 0.3 is 0 Å². The van der Waals surface area contributed by atoms with E-state index in [2.05, 4.69) is 31.1 Å². The van der Waals surface area contributed by atoms with E-state index in [9.17, 15) is 0 Å². The maximum absolute atomic E-state index is 3.49. The Morgan fingerprint density at radius 1 is 1.25 bits per heavy atom. The summed E-state index contributed by atoms with van der Waals surface area (Å²) in [6.45, 7) is 7.34. The molecule has 1 aliphatic heterocycles. The van der Waals surface area contributed by atoms with Gasteiger partial charge in [0.2, 0.25) is 0 Å². The van der Waals surface area contributed by atoms with Crippen LogP contribution >= 0.6 is 0 Å². The highest BCUT2D eigenvalue weighted by Gasteiger charge is 2.37. The zero-order valence-electron chi connectivity index (χ0n) is 11.2. The highest BCUT2D eigenvalue weighted by Crippen LogP contribution is 2.38. The quantitative estimate of drug-likeness (QED) is 0.772. The zero-order valence-corrected chi connectivity index (χ0v) is 11.2. The summed E-state index contributed by atoms with van der Waals surface area (Å²) >= 11 is 0. The molecule has 94 valence electrons. The van der Waals surface area contributed by atoms with E-state index < -0.39 is 0 Å². The molecule has 0 aromatic carbocycles. The zero-order chi connectivity index (χ0) is 11.5. The van der Waals surface area contributed by atoms with E-state index in [-0.39, 0.29) is 0 Å². The van der Waals surface area contributed by atoms with E-state index >= 15 is 0 Å². The molecule has 2 nitrogen and oxygen atoms in total. The predicted octanol–water partition coefficient (Wildman–Crippen LogP) is 2.49. The highest BCUT2D eigenvalue weighted by atomic mass is 15.2. The fourth-order valence-electron chi connectivity index (χ4n) is 3.39. The van der Waals surface area contributed by atoms with E-state index in [0.29, 0.717) is 0 Å². The minimum absolute atomic E-state index is 0.728. The number of hydrogen-bond donors (Lipinski definition) is 1. The molecule has 1 heterocycles. The summed E-state index contributed by atoms with van der Waals surface area (Å²) in [5.74, 6) is 1.94. The van der Waals surface area contributed by atoms with Crippen molar-refractivity contribution in [2.75, 3.05) is 20.1 Å². The van der Waals surface area contributed by atoms with Crippen molar-refractivity contribution in [3.63, 3.8) is 0 Å². The lowest BCUT2D eigenvalue weighted by Crippen LogP contribution is -2.52. The summed E-state index contributed by atoms with van der Waals surface area (Å²) in [4.78, 5) is 2.79. The molecule has 0 aromatic heterocycles. The van der Waals surface area contributed by atoms with Crippen LogP contribution in [0, 0.1) is 11.8 Å². The summed E-state index contributed by atoms with van der Waals surface area (Å²) in [5.41, 5.74) is 0. The Morgan fingerprint density at radius 2 is 2.00 bits per heavy atom. The average molecular weight is 224 g/mol. The van der Waals surface area contributed by atoms with Crippen molar-refractivity contribution in [1.82, 2.24) is 10.2 Å².